The summed E-state index contributed by atoms with van der Waals surface area (Å²) in [7, 11) is 0. The molecule has 5 N–H and O–H groups in total. The molecule has 12 nitrogen and oxygen atoms in total. The maximum Gasteiger partial charge on any atom is 0.246 e. The van der Waals surface area contributed by atoms with Crippen LogP contribution in [0.2, 0.25) is 0 Å². The molecule has 8 rings (SSSR count). The van der Waals surface area contributed by atoms with Gasteiger partial charge in [0, 0.05) is 74.5 Å². The average molecular weight is 894 g/mol. The second-order valence-electron chi connectivity index (χ2n) is 18.6. The van der Waals surface area contributed by atoms with Gasteiger partial charge in [0.05, 0.1) is 34.8 Å². The molecular formula is C52H59N7O5S. The summed E-state index contributed by atoms with van der Waals surface area (Å²) in [6.07, 6.45) is 5.14. The van der Waals surface area contributed by atoms with Crippen LogP contribution in [0.3, 0.4) is 0 Å². The maximum absolute atomic E-state index is 14.1. The number of aliphatic hydroxyl groups excluding tert-OH is 2. The van der Waals surface area contributed by atoms with Crippen molar-refractivity contribution in [2.75, 3.05) is 25.0 Å². The Labute approximate surface area is 385 Å². The summed E-state index contributed by atoms with van der Waals surface area (Å²) in [4.78, 5) is 54.5. The highest BCUT2D eigenvalue weighted by Gasteiger charge is 2.45. The number of carbonyl (C=O) groups is 3. The fraction of sp³-hybridized carbons (Fsp3) is 0.404. The summed E-state index contributed by atoms with van der Waals surface area (Å²) in [5.41, 5.74) is 10.7. The van der Waals surface area contributed by atoms with Crippen molar-refractivity contribution < 1.29 is 24.6 Å². The number of unbranched alkanes of at least 4 members (excludes halogenated alkanes) is 1. The highest BCUT2D eigenvalue weighted by atomic mass is 32.1. The fourth-order valence-electron chi connectivity index (χ4n) is 9.53. The molecule has 0 unspecified atom stereocenters. The SMILES string of the molecule is Cc1ncsc1-c1ccc(CNC(=O)[C@@H]2C[C@@H](O)CN2C(=O)[C@@H](NC(=O)CCCC#Cc2cccc(-c3ccc4c(c3)[C@H]3[C@H](CCN3Cc3ccncc3)[C@@H](CO)N4)c2)C(C)(C)C)cc1. The molecule has 2 saturated heterocycles. The molecule has 0 radical (unpaired) electrons. The number of likely N-dealkylation sites (tertiary alicyclic amines) is 2. The first-order valence-corrected chi connectivity index (χ1v) is 23.5. The van der Waals surface area contributed by atoms with Crippen LogP contribution >= 0.6 is 11.3 Å². The van der Waals surface area contributed by atoms with E-state index in [0.717, 1.165) is 63.6 Å². The number of β-amino-alcohol motifs (C(OH)–C–C–N with tert-alkyl or cyclic N) is 1. The minimum absolute atomic E-state index is 0.00571. The van der Waals surface area contributed by atoms with E-state index in [4.69, 9.17) is 0 Å². The molecule has 3 aromatic carbocycles. The zero-order valence-corrected chi connectivity index (χ0v) is 38.4. The van der Waals surface area contributed by atoms with E-state index in [1.165, 1.54) is 16.0 Å². The molecule has 2 fully saturated rings. The van der Waals surface area contributed by atoms with Gasteiger partial charge in [-0.1, -0.05) is 75.1 Å². The molecule has 3 amide bonds. The number of thiazole rings is 1. The Hall–Kier alpha value is -5.91. The standard InChI is InChI=1S/C52H59N7O5S/c1-33-48(65-32-55-33)37-15-13-35(14-16-37)28-54-50(63)45-27-40(61)30-59(45)51(64)49(52(2,3)4)57-46(62)12-7-5-6-9-34-10-8-11-38(25-34)39-17-18-43-42(26-39)47-41(44(31-60)56-43)21-24-58(47)29-36-19-22-53-23-20-36/h8,10-11,13-20,22-23,25-26,32,40-41,44-45,47,49,56,60-61H,5,7,12,21,24,27-31H2,1-4H3,(H,54,63)(H,57,62)/t40-,41-,44-,45+,47-,49-/m1/s1. The molecule has 6 atom stereocenters. The lowest BCUT2D eigenvalue weighted by Crippen LogP contribution is -2.57. The van der Waals surface area contributed by atoms with Gasteiger partial charge in [-0.05, 0) is 102 Å². The number of aromatic nitrogens is 2. The van der Waals surface area contributed by atoms with Crippen LogP contribution in [0.4, 0.5) is 5.69 Å². The van der Waals surface area contributed by atoms with E-state index in [1.807, 2.05) is 82.0 Å². The highest BCUT2D eigenvalue weighted by molar-refractivity contribution is 7.13. The van der Waals surface area contributed by atoms with Crippen molar-refractivity contribution >= 4 is 34.7 Å². The Morgan fingerprint density at radius 3 is 2.49 bits per heavy atom. The Morgan fingerprint density at radius 2 is 1.75 bits per heavy atom. The first-order chi connectivity index (χ1) is 31.4. The third kappa shape index (κ3) is 10.6. The van der Waals surface area contributed by atoms with E-state index in [0.29, 0.717) is 18.8 Å². The largest absolute Gasteiger partial charge is 0.394 e. The molecule has 338 valence electrons. The van der Waals surface area contributed by atoms with Crippen LogP contribution in [0.15, 0.2) is 96.8 Å². The van der Waals surface area contributed by atoms with Gasteiger partial charge in [-0.2, -0.15) is 0 Å². The topological polar surface area (TPSA) is 160 Å². The minimum atomic E-state index is -0.897. The van der Waals surface area contributed by atoms with Crippen molar-refractivity contribution in [2.24, 2.45) is 11.3 Å². The van der Waals surface area contributed by atoms with Crippen LogP contribution in [-0.4, -0.2) is 91.6 Å². The zero-order chi connectivity index (χ0) is 45.7. The monoisotopic (exact) mass is 893 g/mol. The van der Waals surface area contributed by atoms with Gasteiger partial charge in [-0.25, -0.2) is 4.98 Å². The van der Waals surface area contributed by atoms with Gasteiger partial charge in [-0.15, -0.1) is 11.3 Å². The van der Waals surface area contributed by atoms with Crippen LogP contribution in [0, 0.1) is 30.1 Å². The smallest absolute Gasteiger partial charge is 0.246 e. The molecule has 65 heavy (non-hydrogen) atoms. The number of amides is 3. The van der Waals surface area contributed by atoms with Gasteiger partial charge in [0.1, 0.15) is 12.1 Å². The lowest BCUT2D eigenvalue weighted by atomic mass is 9.82. The average Bonchev–Trinajstić information content (AvgIpc) is 4.05. The molecule has 13 heteroatoms. The number of nitrogens with zero attached hydrogens (tertiary/aromatic N) is 4. The number of carbonyl (C=O) groups excluding carboxylic acids is 3. The minimum Gasteiger partial charge on any atom is -0.394 e. The molecule has 3 aliphatic heterocycles. The summed E-state index contributed by atoms with van der Waals surface area (Å²) < 4.78 is 0. The Morgan fingerprint density at radius 1 is 0.985 bits per heavy atom. The third-order valence-electron chi connectivity index (χ3n) is 13.0. The van der Waals surface area contributed by atoms with Crippen LogP contribution in [0.1, 0.15) is 86.9 Å². The predicted molar refractivity (Wildman–Crippen MR) is 254 cm³/mol. The number of rotatable bonds is 13. The Balaban J connectivity index is 0.856. The number of aryl methyl sites for hydroxylation is 1. The van der Waals surface area contributed by atoms with Crippen molar-refractivity contribution in [3.05, 3.63) is 125 Å². The maximum atomic E-state index is 14.1. The van der Waals surface area contributed by atoms with Gasteiger partial charge >= 0.3 is 0 Å². The van der Waals surface area contributed by atoms with Crippen molar-refractivity contribution in [1.82, 2.24) is 30.4 Å². The van der Waals surface area contributed by atoms with Crippen molar-refractivity contribution in [3.63, 3.8) is 0 Å². The second-order valence-corrected chi connectivity index (χ2v) is 19.5. The summed E-state index contributed by atoms with van der Waals surface area (Å²) in [6.45, 7) is 9.78. The molecule has 0 saturated carbocycles. The van der Waals surface area contributed by atoms with Crippen molar-refractivity contribution in [1.29, 1.82) is 0 Å². The lowest BCUT2D eigenvalue weighted by molar-refractivity contribution is -0.144. The normalized spacial score (nSPS) is 20.8. The van der Waals surface area contributed by atoms with E-state index in [9.17, 15) is 24.6 Å². The van der Waals surface area contributed by atoms with Gasteiger partial charge in [0.15, 0.2) is 0 Å². The third-order valence-corrected chi connectivity index (χ3v) is 13.9. The van der Waals surface area contributed by atoms with Crippen LogP contribution in [0.5, 0.6) is 0 Å². The van der Waals surface area contributed by atoms with Crippen LogP contribution in [-0.2, 0) is 27.5 Å². The summed E-state index contributed by atoms with van der Waals surface area (Å²) in [5.74, 6) is 5.83. The highest BCUT2D eigenvalue weighted by Crippen LogP contribution is 2.48. The first-order valence-electron chi connectivity index (χ1n) is 22.6. The van der Waals surface area contributed by atoms with Crippen molar-refractivity contribution in [3.8, 4) is 33.4 Å². The Kier molecular flexibility index (Phi) is 14.1. The molecule has 0 bridgehead atoms. The summed E-state index contributed by atoms with van der Waals surface area (Å²) >= 11 is 1.58. The number of aliphatic hydroxyl groups is 2. The van der Waals surface area contributed by atoms with Gasteiger partial charge in [0.2, 0.25) is 17.7 Å². The van der Waals surface area contributed by atoms with Crippen LogP contribution < -0.4 is 16.0 Å². The van der Waals surface area contributed by atoms with E-state index in [2.05, 4.69) is 85.1 Å². The first kappa shape index (κ1) is 45.7. The predicted octanol–water partition coefficient (Wildman–Crippen LogP) is 6.86. The number of anilines is 1. The van der Waals surface area contributed by atoms with Gasteiger partial charge in [0.25, 0.3) is 0 Å². The lowest BCUT2D eigenvalue weighted by Gasteiger charge is -2.39. The molecular weight excluding hydrogens is 835 g/mol. The number of benzene rings is 3. The molecule has 3 aliphatic rings. The number of nitrogens with one attached hydrogen (secondary N) is 3. The second kappa shape index (κ2) is 20.1. The van der Waals surface area contributed by atoms with Gasteiger partial charge < -0.3 is 31.1 Å². The van der Waals surface area contributed by atoms with E-state index < -0.39 is 23.6 Å². The summed E-state index contributed by atoms with van der Waals surface area (Å²) in [6, 6.07) is 25.2. The number of fused-ring (bicyclic) bond motifs is 3. The quantitative estimate of drug-likeness (QED) is 0.0629. The molecule has 0 aliphatic carbocycles. The van der Waals surface area contributed by atoms with Crippen LogP contribution in [0.25, 0.3) is 21.6 Å². The summed E-state index contributed by atoms with van der Waals surface area (Å²) in [5, 5.41) is 30.5. The van der Waals surface area contributed by atoms with E-state index in [-0.39, 0.29) is 62.3 Å². The molecule has 5 aromatic rings. The molecule has 5 heterocycles. The Bertz CT molecular complexity index is 2550. The number of hydrogen-bond acceptors (Lipinski definition) is 10. The molecule has 0 spiro atoms. The zero-order valence-electron chi connectivity index (χ0n) is 37.6. The van der Waals surface area contributed by atoms with Crippen molar-refractivity contribution in [2.45, 2.75) is 103 Å². The van der Waals surface area contributed by atoms with E-state index >= 15 is 0 Å². The fourth-order valence-corrected chi connectivity index (χ4v) is 10.3. The van der Waals surface area contributed by atoms with Gasteiger partial charge in [-0.3, -0.25) is 24.3 Å². The van der Waals surface area contributed by atoms with E-state index in [1.54, 1.807) is 11.3 Å². The number of pyridine rings is 1. The number of hydrogen-bond donors (Lipinski definition) is 5. The molecule has 2 aromatic heterocycles.